The van der Waals surface area contributed by atoms with Crippen molar-refractivity contribution >= 4 is 0 Å². The van der Waals surface area contributed by atoms with Gasteiger partial charge in [0.25, 0.3) is 0 Å². The highest BCUT2D eigenvalue weighted by molar-refractivity contribution is 5.15. The molecule has 0 aromatic heterocycles. The van der Waals surface area contributed by atoms with Gasteiger partial charge in [-0.05, 0) is 31.5 Å². The molecule has 0 amide bonds. The number of rotatable bonds is 4. The van der Waals surface area contributed by atoms with E-state index in [9.17, 15) is 0 Å². The summed E-state index contributed by atoms with van der Waals surface area (Å²) in [4.78, 5) is 0. The summed E-state index contributed by atoms with van der Waals surface area (Å²) >= 11 is 0. The molecule has 0 radical (unpaired) electrons. The van der Waals surface area contributed by atoms with Gasteiger partial charge in [-0.25, -0.2) is 0 Å². The van der Waals surface area contributed by atoms with Crippen molar-refractivity contribution in [3.8, 4) is 0 Å². The minimum atomic E-state index is 0.720. The summed E-state index contributed by atoms with van der Waals surface area (Å²) in [6.45, 7) is 3.36. The van der Waals surface area contributed by atoms with Crippen LogP contribution in [0.2, 0.25) is 0 Å². The number of nitrogens with one attached hydrogen (secondary N) is 1. The maximum absolute atomic E-state index is 3.19. The maximum Gasteiger partial charge on any atom is -0.00230 e. The molecule has 0 aliphatic heterocycles. The van der Waals surface area contributed by atoms with Crippen LogP contribution < -0.4 is 5.32 Å². The molecule has 1 unspecified atom stereocenters. The van der Waals surface area contributed by atoms with Crippen LogP contribution in [0.5, 0.6) is 0 Å². The highest BCUT2D eigenvalue weighted by atomic mass is 14.8. The molecule has 1 aromatic carbocycles. The van der Waals surface area contributed by atoms with Crippen molar-refractivity contribution in [1.82, 2.24) is 5.32 Å². The molecule has 0 saturated carbocycles. The van der Waals surface area contributed by atoms with Gasteiger partial charge in [-0.2, -0.15) is 0 Å². The van der Waals surface area contributed by atoms with E-state index in [2.05, 4.69) is 42.6 Å². The average molecular weight is 163 g/mol. The molecule has 1 N–H and O–H groups in total. The first-order valence-electron chi connectivity index (χ1n) is 4.51. The van der Waals surface area contributed by atoms with Gasteiger partial charge >= 0.3 is 0 Å². The Morgan fingerprint density at radius 3 is 2.50 bits per heavy atom. The fourth-order valence-corrected chi connectivity index (χ4v) is 1.44. The van der Waals surface area contributed by atoms with Crippen LogP contribution in [0.4, 0.5) is 0 Å². The lowest BCUT2D eigenvalue weighted by molar-refractivity contribution is 0.542. The predicted octanol–water partition coefficient (Wildman–Crippen LogP) is 2.08. The van der Waals surface area contributed by atoms with Gasteiger partial charge in [0.1, 0.15) is 0 Å². The Bertz CT molecular complexity index is 206. The molecule has 0 spiro atoms. The van der Waals surface area contributed by atoms with Crippen molar-refractivity contribution in [2.45, 2.75) is 13.3 Å². The zero-order valence-corrected chi connectivity index (χ0v) is 7.88. The zero-order valence-electron chi connectivity index (χ0n) is 7.88. The van der Waals surface area contributed by atoms with Crippen LogP contribution >= 0.6 is 0 Å². The summed E-state index contributed by atoms with van der Waals surface area (Å²) in [5, 5.41) is 3.19. The summed E-state index contributed by atoms with van der Waals surface area (Å²) in [5.74, 6) is 0.720. The van der Waals surface area contributed by atoms with Gasteiger partial charge in [0.2, 0.25) is 0 Å². The topological polar surface area (TPSA) is 12.0 Å². The maximum atomic E-state index is 3.19. The Kier molecular flexibility index (Phi) is 3.81. The first-order chi connectivity index (χ1) is 5.83. The van der Waals surface area contributed by atoms with Gasteiger partial charge in [-0.3, -0.25) is 0 Å². The SMILES string of the molecule is CNCC(C)Cc1ccccc1. The highest BCUT2D eigenvalue weighted by Crippen LogP contribution is 2.06. The zero-order chi connectivity index (χ0) is 8.81. The Morgan fingerprint density at radius 1 is 1.25 bits per heavy atom. The molecule has 12 heavy (non-hydrogen) atoms. The van der Waals surface area contributed by atoms with Crippen LogP contribution in [0.1, 0.15) is 12.5 Å². The molecule has 1 atom stereocenters. The van der Waals surface area contributed by atoms with E-state index in [1.54, 1.807) is 0 Å². The van der Waals surface area contributed by atoms with Gasteiger partial charge < -0.3 is 5.32 Å². The molecule has 1 nitrogen and oxygen atoms in total. The fourth-order valence-electron chi connectivity index (χ4n) is 1.44. The lowest BCUT2D eigenvalue weighted by Crippen LogP contribution is -2.17. The van der Waals surface area contributed by atoms with Crippen LogP contribution in [-0.4, -0.2) is 13.6 Å². The largest absolute Gasteiger partial charge is 0.319 e. The second-order valence-corrected chi connectivity index (χ2v) is 3.35. The fraction of sp³-hybridized carbons (Fsp3) is 0.455. The first kappa shape index (κ1) is 9.27. The third-order valence-electron chi connectivity index (χ3n) is 1.98. The first-order valence-corrected chi connectivity index (χ1v) is 4.51. The minimum Gasteiger partial charge on any atom is -0.319 e. The summed E-state index contributed by atoms with van der Waals surface area (Å²) in [6, 6.07) is 10.6. The third kappa shape index (κ3) is 3.05. The van der Waals surface area contributed by atoms with Gasteiger partial charge in [0.05, 0.1) is 0 Å². The van der Waals surface area contributed by atoms with Gasteiger partial charge in [-0.1, -0.05) is 37.3 Å². The molecular formula is C11H17N. The predicted molar refractivity (Wildman–Crippen MR) is 53.2 cm³/mol. The van der Waals surface area contributed by atoms with Crippen LogP contribution in [0.15, 0.2) is 30.3 Å². The molecule has 0 aliphatic rings. The summed E-state index contributed by atoms with van der Waals surface area (Å²) in [5.41, 5.74) is 1.43. The summed E-state index contributed by atoms with van der Waals surface area (Å²) < 4.78 is 0. The summed E-state index contributed by atoms with van der Waals surface area (Å²) in [6.07, 6.45) is 1.17. The number of hydrogen-bond acceptors (Lipinski definition) is 1. The molecular weight excluding hydrogens is 146 g/mol. The van der Waals surface area contributed by atoms with Crippen LogP contribution in [0, 0.1) is 5.92 Å². The molecule has 66 valence electrons. The molecule has 0 fully saturated rings. The standard InChI is InChI=1S/C11H17N/c1-10(9-12-2)8-11-6-4-3-5-7-11/h3-7,10,12H,8-9H2,1-2H3. The van der Waals surface area contributed by atoms with Crippen molar-refractivity contribution in [2.75, 3.05) is 13.6 Å². The van der Waals surface area contributed by atoms with E-state index in [0.29, 0.717) is 0 Å². The van der Waals surface area contributed by atoms with Gasteiger partial charge in [0.15, 0.2) is 0 Å². The van der Waals surface area contributed by atoms with Crippen LogP contribution in [0.25, 0.3) is 0 Å². The Balaban J connectivity index is 2.41. The monoisotopic (exact) mass is 163 g/mol. The molecule has 0 aliphatic carbocycles. The molecule has 0 heterocycles. The van der Waals surface area contributed by atoms with E-state index in [0.717, 1.165) is 12.5 Å². The normalized spacial score (nSPS) is 12.8. The van der Waals surface area contributed by atoms with Crippen molar-refractivity contribution in [3.05, 3.63) is 35.9 Å². The molecule has 0 bridgehead atoms. The van der Waals surface area contributed by atoms with E-state index >= 15 is 0 Å². The minimum absolute atomic E-state index is 0.720. The van der Waals surface area contributed by atoms with Crippen molar-refractivity contribution in [3.63, 3.8) is 0 Å². The molecule has 1 heteroatoms. The molecule has 0 saturated heterocycles. The van der Waals surface area contributed by atoms with E-state index in [-0.39, 0.29) is 0 Å². The van der Waals surface area contributed by atoms with E-state index < -0.39 is 0 Å². The average Bonchev–Trinajstić information content (AvgIpc) is 2.06. The highest BCUT2D eigenvalue weighted by Gasteiger charge is 2.00. The van der Waals surface area contributed by atoms with E-state index in [1.807, 2.05) is 7.05 Å². The van der Waals surface area contributed by atoms with Crippen LogP contribution in [-0.2, 0) is 6.42 Å². The Hall–Kier alpha value is -0.820. The van der Waals surface area contributed by atoms with E-state index in [1.165, 1.54) is 12.0 Å². The van der Waals surface area contributed by atoms with Crippen molar-refractivity contribution in [1.29, 1.82) is 0 Å². The lowest BCUT2D eigenvalue weighted by Gasteiger charge is -2.09. The van der Waals surface area contributed by atoms with E-state index in [4.69, 9.17) is 0 Å². The quantitative estimate of drug-likeness (QED) is 0.716. The Labute approximate surface area is 74.8 Å². The number of hydrogen-bond donors (Lipinski definition) is 1. The molecule has 1 rings (SSSR count). The molecule has 1 aromatic rings. The van der Waals surface area contributed by atoms with Crippen molar-refractivity contribution in [2.24, 2.45) is 5.92 Å². The Morgan fingerprint density at radius 2 is 1.92 bits per heavy atom. The second kappa shape index (κ2) is 4.94. The van der Waals surface area contributed by atoms with Crippen molar-refractivity contribution < 1.29 is 0 Å². The second-order valence-electron chi connectivity index (χ2n) is 3.35. The number of benzene rings is 1. The lowest BCUT2D eigenvalue weighted by atomic mass is 10.0. The van der Waals surface area contributed by atoms with Gasteiger partial charge in [-0.15, -0.1) is 0 Å². The summed E-state index contributed by atoms with van der Waals surface area (Å²) in [7, 11) is 2.00. The third-order valence-corrected chi connectivity index (χ3v) is 1.98. The van der Waals surface area contributed by atoms with Crippen LogP contribution in [0.3, 0.4) is 0 Å². The smallest absolute Gasteiger partial charge is 0.00230 e. The van der Waals surface area contributed by atoms with Gasteiger partial charge in [0, 0.05) is 0 Å².